The van der Waals surface area contributed by atoms with Crippen LogP contribution in [0, 0.1) is 0 Å². The van der Waals surface area contributed by atoms with E-state index in [2.05, 4.69) is 73.4 Å². The van der Waals surface area contributed by atoms with Crippen molar-refractivity contribution in [3.05, 3.63) is 60.7 Å². The van der Waals surface area contributed by atoms with Gasteiger partial charge < -0.3 is 19.8 Å². The topological polar surface area (TPSA) is 92.5 Å². The molecule has 0 bridgehead atoms. The maximum atomic E-state index is 4.83. The Labute approximate surface area is 195 Å². The lowest BCUT2D eigenvalue weighted by molar-refractivity contribution is 0.313. The van der Waals surface area contributed by atoms with Gasteiger partial charge in [-0.05, 0) is 49.5 Å². The highest BCUT2D eigenvalue weighted by Gasteiger charge is 2.17. The van der Waals surface area contributed by atoms with Crippen LogP contribution in [0.1, 0.15) is 0 Å². The van der Waals surface area contributed by atoms with Gasteiger partial charge in [0.15, 0.2) is 5.82 Å². The Morgan fingerprint density at radius 2 is 1.53 bits per heavy atom. The summed E-state index contributed by atoms with van der Waals surface area (Å²) in [7, 11) is 2.18. The molecular formula is C26H24N8. The number of H-pyrrole nitrogens is 3. The van der Waals surface area contributed by atoms with Crippen molar-refractivity contribution in [1.82, 2.24) is 35.0 Å². The SMILES string of the molecule is CN1CCN(c2ccc3nc(-c4n[nH]c5cc(-c6nc7ccccc7[nH]6)ccc45)[nH]c3c2)CC1. The lowest BCUT2D eigenvalue weighted by Gasteiger charge is -2.34. The molecule has 8 nitrogen and oxygen atoms in total. The van der Waals surface area contributed by atoms with Crippen LogP contribution in [-0.2, 0) is 0 Å². The summed E-state index contributed by atoms with van der Waals surface area (Å²) in [6.07, 6.45) is 0. The summed E-state index contributed by atoms with van der Waals surface area (Å²) < 4.78 is 0. The molecule has 0 saturated carbocycles. The van der Waals surface area contributed by atoms with Crippen molar-refractivity contribution >= 4 is 38.7 Å². The Kier molecular flexibility index (Phi) is 4.22. The average molecular weight is 449 g/mol. The zero-order chi connectivity index (χ0) is 22.6. The summed E-state index contributed by atoms with van der Waals surface area (Å²) in [6, 6.07) is 20.8. The second kappa shape index (κ2) is 7.43. The normalized spacial score (nSPS) is 15.1. The number of para-hydroxylation sites is 2. The molecule has 34 heavy (non-hydrogen) atoms. The first kappa shape index (κ1) is 19.3. The molecule has 3 aromatic heterocycles. The summed E-state index contributed by atoms with van der Waals surface area (Å²) in [5.74, 6) is 1.62. The van der Waals surface area contributed by atoms with E-state index in [0.717, 1.165) is 82.1 Å². The highest BCUT2D eigenvalue weighted by atomic mass is 15.2. The molecule has 1 saturated heterocycles. The fourth-order valence-corrected chi connectivity index (χ4v) is 4.81. The number of aromatic amines is 3. The van der Waals surface area contributed by atoms with Gasteiger partial charge in [0, 0.05) is 42.8 Å². The number of imidazole rings is 2. The first-order valence-corrected chi connectivity index (χ1v) is 11.6. The molecule has 0 aliphatic carbocycles. The van der Waals surface area contributed by atoms with Crippen LogP contribution < -0.4 is 4.90 Å². The molecule has 0 amide bonds. The van der Waals surface area contributed by atoms with Crippen LogP contribution in [0.5, 0.6) is 0 Å². The maximum absolute atomic E-state index is 4.83. The predicted molar refractivity (Wildman–Crippen MR) is 136 cm³/mol. The third-order valence-electron chi connectivity index (χ3n) is 6.78. The van der Waals surface area contributed by atoms with Crippen molar-refractivity contribution in [2.24, 2.45) is 0 Å². The molecule has 8 heteroatoms. The number of fused-ring (bicyclic) bond motifs is 3. The van der Waals surface area contributed by atoms with Crippen molar-refractivity contribution in [2.45, 2.75) is 0 Å². The summed E-state index contributed by atoms with van der Waals surface area (Å²) in [5.41, 5.74) is 7.99. The first-order valence-electron chi connectivity index (χ1n) is 11.6. The molecule has 0 unspecified atom stereocenters. The van der Waals surface area contributed by atoms with Crippen molar-refractivity contribution in [3.8, 4) is 22.9 Å². The Morgan fingerprint density at radius 3 is 2.41 bits per heavy atom. The van der Waals surface area contributed by atoms with Gasteiger partial charge in [-0.1, -0.05) is 18.2 Å². The number of likely N-dealkylation sites (N-methyl/N-ethyl adjacent to an activating group) is 1. The number of benzene rings is 3. The van der Waals surface area contributed by atoms with E-state index in [4.69, 9.17) is 9.97 Å². The van der Waals surface area contributed by atoms with Crippen LogP contribution in [0.3, 0.4) is 0 Å². The largest absolute Gasteiger partial charge is 0.369 e. The predicted octanol–water partition coefficient (Wildman–Crippen LogP) is 4.40. The van der Waals surface area contributed by atoms with Gasteiger partial charge in [0.25, 0.3) is 0 Å². The van der Waals surface area contributed by atoms with Crippen molar-refractivity contribution in [2.75, 3.05) is 38.1 Å². The molecular weight excluding hydrogens is 424 g/mol. The van der Waals surface area contributed by atoms with Gasteiger partial charge in [-0.2, -0.15) is 5.10 Å². The lowest BCUT2D eigenvalue weighted by atomic mass is 10.1. The minimum Gasteiger partial charge on any atom is -0.369 e. The molecule has 0 radical (unpaired) electrons. The monoisotopic (exact) mass is 448 g/mol. The Hall–Kier alpha value is -4.17. The fraction of sp³-hybridized carbons (Fsp3) is 0.192. The van der Waals surface area contributed by atoms with E-state index in [9.17, 15) is 0 Å². The molecule has 4 heterocycles. The van der Waals surface area contributed by atoms with Gasteiger partial charge in [-0.25, -0.2) is 9.97 Å². The molecule has 6 aromatic rings. The smallest absolute Gasteiger partial charge is 0.159 e. The highest BCUT2D eigenvalue weighted by molar-refractivity contribution is 5.95. The Bertz CT molecular complexity index is 1610. The molecule has 3 N–H and O–H groups in total. The van der Waals surface area contributed by atoms with E-state index in [1.165, 1.54) is 5.69 Å². The van der Waals surface area contributed by atoms with Crippen LogP contribution in [-0.4, -0.2) is 68.3 Å². The number of piperazine rings is 1. The number of hydrogen-bond donors (Lipinski definition) is 3. The highest BCUT2D eigenvalue weighted by Crippen LogP contribution is 2.31. The number of nitrogens with zero attached hydrogens (tertiary/aromatic N) is 5. The van der Waals surface area contributed by atoms with Crippen LogP contribution in [0.25, 0.3) is 55.9 Å². The number of hydrogen-bond acceptors (Lipinski definition) is 5. The van der Waals surface area contributed by atoms with Crippen LogP contribution >= 0.6 is 0 Å². The maximum Gasteiger partial charge on any atom is 0.159 e. The third kappa shape index (κ3) is 3.14. The van der Waals surface area contributed by atoms with Crippen molar-refractivity contribution in [1.29, 1.82) is 0 Å². The number of nitrogens with one attached hydrogen (secondary N) is 3. The summed E-state index contributed by atoms with van der Waals surface area (Å²) in [6.45, 7) is 4.25. The lowest BCUT2D eigenvalue weighted by Crippen LogP contribution is -2.44. The molecule has 0 atom stereocenters. The second-order valence-corrected chi connectivity index (χ2v) is 9.01. The number of aromatic nitrogens is 6. The van der Waals surface area contributed by atoms with E-state index in [0.29, 0.717) is 0 Å². The van der Waals surface area contributed by atoms with E-state index < -0.39 is 0 Å². The summed E-state index contributed by atoms with van der Waals surface area (Å²) in [4.78, 5) is 21.2. The molecule has 1 fully saturated rings. The van der Waals surface area contributed by atoms with E-state index >= 15 is 0 Å². The van der Waals surface area contributed by atoms with Crippen LogP contribution in [0.15, 0.2) is 60.7 Å². The van der Waals surface area contributed by atoms with Gasteiger partial charge in [0.1, 0.15) is 11.5 Å². The molecule has 7 rings (SSSR count). The standard InChI is InChI=1S/C26H24N8/c1-33-10-12-34(13-11-33)17-7-9-21-23(15-17)30-26(29-21)24-18-8-6-16(14-22(18)31-32-24)25-27-19-4-2-3-5-20(19)28-25/h2-9,14-15H,10-13H2,1H3,(H,27,28)(H,29,30)(H,31,32). The third-order valence-corrected chi connectivity index (χ3v) is 6.78. The minimum atomic E-state index is 0.772. The molecule has 1 aliphatic heterocycles. The van der Waals surface area contributed by atoms with Crippen LogP contribution in [0.2, 0.25) is 0 Å². The Balaban J connectivity index is 1.23. The zero-order valence-electron chi connectivity index (χ0n) is 18.8. The minimum absolute atomic E-state index is 0.772. The number of rotatable bonds is 3. The van der Waals surface area contributed by atoms with Gasteiger partial charge in [-0.3, -0.25) is 5.10 Å². The fourth-order valence-electron chi connectivity index (χ4n) is 4.81. The number of anilines is 1. The van der Waals surface area contributed by atoms with E-state index in [1.807, 2.05) is 24.3 Å². The summed E-state index contributed by atoms with van der Waals surface area (Å²) >= 11 is 0. The van der Waals surface area contributed by atoms with Gasteiger partial charge >= 0.3 is 0 Å². The Morgan fingerprint density at radius 1 is 0.735 bits per heavy atom. The van der Waals surface area contributed by atoms with Crippen molar-refractivity contribution in [3.63, 3.8) is 0 Å². The van der Waals surface area contributed by atoms with Gasteiger partial charge in [0.2, 0.25) is 0 Å². The van der Waals surface area contributed by atoms with Crippen LogP contribution in [0.4, 0.5) is 5.69 Å². The summed E-state index contributed by atoms with van der Waals surface area (Å²) in [5, 5.41) is 8.80. The molecule has 1 aliphatic rings. The first-order chi connectivity index (χ1) is 16.7. The van der Waals surface area contributed by atoms with E-state index in [-0.39, 0.29) is 0 Å². The van der Waals surface area contributed by atoms with Crippen molar-refractivity contribution < 1.29 is 0 Å². The molecule has 168 valence electrons. The molecule has 0 spiro atoms. The second-order valence-electron chi connectivity index (χ2n) is 9.01. The zero-order valence-corrected chi connectivity index (χ0v) is 18.8. The van der Waals surface area contributed by atoms with Gasteiger partial charge in [0.05, 0.1) is 27.6 Å². The van der Waals surface area contributed by atoms with E-state index in [1.54, 1.807) is 0 Å². The molecule has 3 aromatic carbocycles. The quantitative estimate of drug-likeness (QED) is 0.373. The average Bonchev–Trinajstić information content (AvgIpc) is 3.59. The van der Waals surface area contributed by atoms with Gasteiger partial charge in [-0.15, -0.1) is 0 Å².